The summed E-state index contributed by atoms with van der Waals surface area (Å²) in [5.74, 6) is 0. The van der Waals surface area contributed by atoms with Crippen molar-refractivity contribution in [3.8, 4) is 5.69 Å². The molecule has 1 nitrogen and oxygen atoms in total. The predicted molar refractivity (Wildman–Crippen MR) is 64.3 cm³/mol. The van der Waals surface area contributed by atoms with Gasteiger partial charge in [0, 0.05) is 0 Å². The Morgan fingerprint density at radius 1 is 0.750 bits per heavy atom. The van der Waals surface area contributed by atoms with Crippen molar-refractivity contribution in [2.24, 2.45) is 0 Å². The molecule has 3 aromatic rings. The Morgan fingerprint density at radius 2 is 1.50 bits per heavy atom. The van der Waals surface area contributed by atoms with Crippen LogP contribution in [0.1, 0.15) is 0 Å². The van der Waals surface area contributed by atoms with Gasteiger partial charge in [-0.25, -0.2) is 0 Å². The van der Waals surface area contributed by atoms with Crippen LogP contribution in [0.3, 0.4) is 0 Å². The Hall–Kier alpha value is -2.15. The molecule has 0 atom stereocenters. The minimum atomic E-state index is 1.14. The van der Waals surface area contributed by atoms with Gasteiger partial charge in [0.2, 0.25) is 0 Å². The monoisotopic (exact) mass is 205 g/mol. The van der Waals surface area contributed by atoms with Gasteiger partial charge in [-0.05, 0) is 23.6 Å². The zero-order valence-corrected chi connectivity index (χ0v) is 8.80. The highest BCUT2D eigenvalue weighted by Crippen LogP contribution is 2.10. The van der Waals surface area contributed by atoms with E-state index in [1.165, 1.54) is 10.9 Å². The molecule has 0 fully saturated rings. The fourth-order valence-electron chi connectivity index (χ4n) is 1.89. The molecule has 1 heteroatoms. The molecule has 0 aliphatic carbocycles. The van der Waals surface area contributed by atoms with Crippen LogP contribution in [0.4, 0.5) is 0 Å². The first-order chi connectivity index (χ1) is 7.95. The van der Waals surface area contributed by atoms with E-state index < -0.39 is 0 Å². The smallest absolute Gasteiger partial charge is 0.152 e. The van der Waals surface area contributed by atoms with E-state index in [1.54, 1.807) is 0 Å². The lowest BCUT2D eigenvalue weighted by Crippen LogP contribution is -2.31. The molecule has 2 aromatic carbocycles. The summed E-state index contributed by atoms with van der Waals surface area (Å²) in [4.78, 5) is 0. The van der Waals surface area contributed by atoms with Crippen LogP contribution in [0.2, 0.25) is 0 Å². The van der Waals surface area contributed by atoms with Crippen molar-refractivity contribution >= 4 is 10.9 Å². The van der Waals surface area contributed by atoms with Gasteiger partial charge in [-0.3, -0.25) is 4.57 Å². The van der Waals surface area contributed by atoms with Crippen molar-refractivity contribution in [2.45, 2.75) is 0 Å². The maximum Gasteiger partial charge on any atom is 0.152 e. The van der Waals surface area contributed by atoms with Crippen LogP contribution in [-0.2, 0) is 0 Å². The average molecular weight is 205 g/mol. The van der Waals surface area contributed by atoms with Gasteiger partial charge >= 0.3 is 0 Å². The lowest BCUT2D eigenvalue weighted by atomic mass is 10.2. The van der Waals surface area contributed by atoms with E-state index in [9.17, 15) is 0 Å². The third kappa shape index (κ3) is 1.47. The van der Waals surface area contributed by atoms with Gasteiger partial charge in [0.1, 0.15) is 11.2 Å². The first-order valence-corrected chi connectivity index (χ1v) is 5.32. The summed E-state index contributed by atoms with van der Waals surface area (Å²) in [7, 11) is 0. The summed E-state index contributed by atoms with van der Waals surface area (Å²) in [5.41, 5.74) is 2.32. The largest absolute Gasteiger partial charge is 0.278 e. The zero-order chi connectivity index (χ0) is 10.8. The summed E-state index contributed by atoms with van der Waals surface area (Å²) in [6.07, 6.45) is 3.24. The Kier molecular flexibility index (Phi) is 2.15. The van der Waals surface area contributed by atoms with E-state index >= 15 is 0 Å². The molecule has 0 unspecified atom stereocenters. The third-order valence-electron chi connectivity index (χ3n) is 2.66. The van der Waals surface area contributed by atoms with E-state index in [2.05, 4.69) is 53.2 Å². The van der Waals surface area contributed by atoms with Gasteiger partial charge in [0.25, 0.3) is 0 Å². The molecule has 1 heterocycles. The first kappa shape index (κ1) is 9.10. The number of rotatable bonds is 1. The number of nitrogens with zero attached hydrogens (tertiary/aromatic N) is 1. The van der Waals surface area contributed by atoms with Crippen molar-refractivity contribution in [3.05, 3.63) is 72.9 Å². The molecular weight excluding hydrogens is 194 g/mol. The summed E-state index contributed by atoms with van der Waals surface area (Å²) < 4.78 is 2.08. The van der Waals surface area contributed by atoms with Gasteiger partial charge in [-0.15, -0.1) is 6.07 Å². The van der Waals surface area contributed by atoms with E-state index in [0.717, 1.165) is 5.69 Å². The summed E-state index contributed by atoms with van der Waals surface area (Å²) >= 11 is 0. The van der Waals surface area contributed by atoms with Gasteiger partial charge in [0.05, 0.1) is 0 Å². The predicted octanol–water partition coefficient (Wildman–Crippen LogP) is 2.92. The molecule has 0 spiro atoms. The van der Waals surface area contributed by atoms with Gasteiger partial charge < -0.3 is 0 Å². The second-order valence-electron chi connectivity index (χ2n) is 3.69. The van der Waals surface area contributed by atoms with Crippen molar-refractivity contribution < 1.29 is 4.57 Å². The number of para-hydroxylation sites is 2. The van der Waals surface area contributed by atoms with Crippen LogP contribution in [0.5, 0.6) is 0 Å². The lowest BCUT2D eigenvalue weighted by molar-refractivity contribution is -0.571. The number of hydrogen-bond acceptors (Lipinski definition) is 0. The highest BCUT2D eigenvalue weighted by atomic mass is 14.9. The van der Waals surface area contributed by atoms with Crippen LogP contribution in [-0.4, -0.2) is 0 Å². The fourth-order valence-corrected chi connectivity index (χ4v) is 1.89. The molecule has 0 saturated carbocycles. The highest BCUT2D eigenvalue weighted by molar-refractivity contribution is 5.75. The number of benzene rings is 2. The topological polar surface area (TPSA) is 3.88 Å². The number of pyridine rings is 1. The normalized spacial score (nSPS) is 10.5. The Labute approximate surface area is 94.6 Å². The second kappa shape index (κ2) is 3.78. The molecule has 0 amide bonds. The quantitative estimate of drug-likeness (QED) is 0.425. The first-order valence-electron chi connectivity index (χ1n) is 5.32. The van der Waals surface area contributed by atoms with E-state index in [0.29, 0.717) is 0 Å². The van der Waals surface area contributed by atoms with E-state index in [4.69, 9.17) is 0 Å². The minimum absolute atomic E-state index is 1.14. The molecule has 1 aromatic heterocycles. The molecule has 0 bridgehead atoms. The molecule has 0 aliphatic heterocycles. The van der Waals surface area contributed by atoms with Gasteiger partial charge in [-0.1, -0.05) is 42.5 Å². The van der Waals surface area contributed by atoms with Crippen LogP contribution < -0.4 is 4.57 Å². The van der Waals surface area contributed by atoms with Crippen LogP contribution in [0, 0.1) is 6.20 Å². The van der Waals surface area contributed by atoms with Crippen molar-refractivity contribution in [2.75, 3.05) is 0 Å². The number of aromatic nitrogens is 1. The maximum atomic E-state index is 3.24. The second-order valence-corrected chi connectivity index (χ2v) is 3.69. The summed E-state index contributed by atoms with van der Waals surface area (Å²) in [6.45, 7) is 0. The third-order valence-corrected chi connectivity index (χ3v) is 2.66. The van der Waals surface area contributed by atoms with Crippen molar-refractivity contribution in [3.63, 3.8) is 0 Å². The molecule has 0 saturated heterocycles. The summed E-state index contributed by atoms with van der Waals surface area (Å²) in [6, 6.07) is 22.6. The average Bonchev–Trinajstić information content (AvgIpc) is 2.39. The number of fused-ring (bicyclic) bond motifs is 1. The molecule has 3 rings (SSSR count). The number of hydrogen-bond donors (Lipinski definition) is 0. The van der Waals surface area contributed by atoms with Crippen molar-refractivity contribution in [1.29, 1.82) is 0 Å². The lowest BCUT2D eigenvalue weighted by Gasteiger charge is -2.06. The Bertz CT molecular complexity index is 609. The molecule has 0 N–H and O–H groups in total. The van der Waals surface area contributed by atoms with Crippen LogP contribution in [0.25, 0.3) is 16.6 Å². The standard InChI is InChI=1S/C15H11N/c1-2-9-14(10-3-1)16-12-6-8-13-7-4-5-11-15(13)16/h1-11H. The maximum absolute atomic E-state index is 3.24. The van der Waals surface area contributed by atoms with Crippen LogP contribution in [0.15, 0.2) is 66.7 Å². The molecule has 0 aliphatic rings. The molecule has 0 radical (unpaired) electrons. The van der Waals surface area contributed by atoms with Gasteiger partial charge in [0.15, 0.2) is 6.20 Å². The fraction of sp³-hybridized carbons (Fsp3) is 0. The summed E-state index contributed by atoms with van der Waals surface area (Å²) in [5, 5.41) is 1.23. The Balaban J connectivity index is 2.32. The molecule has 16 heavy (non-hydrogen) atoms. The van der Waals surface area contributed by atoms with E-state index in [-0.39, 0.29) is 0 Å². The SMILES string of the molecule is [c-]1ccc2ccccc2[n+]1-c1ccccc1. The van der Waals surface area contributed by atoms with E-state index in [1.807, 2.05) is 24.3 Å². The van der Waals surface area contributed by atoms with Crippen molar-refractivity contribution in [1.82, 2.24) is 0 Å². The Morgan fingerprint density at radius 3 is 2.38 bits per heavy atom. The molecular formula is C15H11N. The zero-order valence-electron chi connectivity index (χ0n) is 8.80. The highest BCUT2D eigenvalue weighted by Gasteiger charge is 2.01. The molecule has 76 valence electrons. The van der Waals surface area contributed by atoms with Gasteiger partial charge in [-0.2, -0.15) is 0 Å². The minimum Gasteiger partial charge on any atom is -0.278 e. The van der Waals surface area contributed by atoms with Crippen LogP contribution >= 0.6 is 0 Å².